The fourth-order valence-electron chi connectivity index (χ4n) is 5.90. The second-order valence-electron chi connectivity index (χ2n) is 12.0. The van der Waals surface area contributed by atoms with E-state index in [0.29, 0.717) is 19.7 Å². The van der Waals surface area contributed by atoms with Gasteiger partial charge in [-0.2, -0.15) is 0 Å². The summed E-state index contributed by atoms with van der Waals surface area (Å²) in [5.74, 6) is 0.595. The largest absolute Gasteiger partial charge is 0.503 e. The molecule has 0 spiro atoms. The highest BCUT2D eigenvalue weighted by Gasteiger charge is 2.13. The second kappa shape index (κ2) is 15.9. The maximum atomic E-state index is 11.4. The summed E-state index contributed by atoms with van der Waals surface area (Å²) in [5, 5.41) is 18.2. The molecule has 6 rings (SSSR count). The molecule has 4 aromatic carbocycles. The molecule has 0 atom stereocenters. The van der Waals surface area contributed by atoms with Crippen LogP contribution >= 0.6 is 0 Å². The molecular formula is C41H41N5O3. The molecule has 0 aliphatic rings. The summed E-state index contributed by atoms with van der Waals surface area (Å²) >= 11 is 0. The zero-order chi connectivity index (χ0) is 34.0. The number of allylic oxidation sites excluding steroid dienone is 1. The van der Waals surface area contributed by atoms with E-state index in [4.69, 9.17) is 4.74 Å². The van der Waals surface area contributed by atoms with Crippen molar-refractivity contribution < 1.29 is 9.84 Å². The fraction of sp³-hybridized carbons (Fsp3) is 0.195. The molecule has 0 unspecified atom stereocenters. The number of aryl methyl sites for hydroxylation is 2. The van der Waals surface area contributed by atoms with E-state index in [1.54, 1.807) is 15.4 Å². The van der Waals surface area contributed by atoms with Crippen molar-refractivity contribution in [2.75, 3.05) is 20.2 Å². The molecule has 8 heteroatoms. The first-order valence-corrected chi connectivity index (χ1v) is 16.6. The predicted molar refractivity (Wildman–Crippen MR) is 195 cm³/mol. The van der Waals surface area contributed by atoms with Crippen LogP contribution < -0.4 is 10.2 Å². The summed E-state index contributed by atoms with van der Waals surface area (Å²) < 4.78 is 9.67. The molecule has 2 heterocycles. The van der Waals surface area contributed by atoms with Crippen LogP contribution in [0.1, 0.15) is 35.6 Å². The van der Waals surface area contributed by atoms with Crippen LogP contribution in [0.2, 0.25) is 0 Å². The van der Waals surface area contributed by atoms with Gasteiger partial charge in [-0.1, -0.05) is 109 Å². The van der Waals surface area contributed by atoms with Crippen molar-refractivity contribution in [3.63, 3.8) is 0 Å². The third-order valence-electron chi connectivity index (χ3n) is 8.51. The Morgan fingerprint density at radius 2 is 1.47 bits per heavy atom. The van der Waals surface area contributed by atoms with Gasteiger partial charge in [0.05, 0.1) is 12.7 Å². The molecule has 49 heavy (non-hydrogen) atoms. The van der Waals surface area contributed by atoms with Crippen LogP contribution in [0.25, 0.3) is 22.4 Å². The summed E-state index contributed by atoms with van der Waals surface area (Å²) in [4.78, 5) is 13.7. The molecular weight excluding hydrogens is 610 g/mol. The monoisotopic (exact) mass is 651 g/mol. The third-order valence-corrected chi connectivity index (χ3v) is 8.51. The molecule has 0 aliphatic heterocycles. The average molecular weight is 652 g/mol. The molecule has 1 N–H and O–H groups in total. The molecule has 0 saturated carbocycles. The highest BCUT2D eigenvalue weighted by molar-refractivity contribution is 5.98. The van der Waals surface area contributed by atoms with Crippen molar-refractivity contribution >= 4 is 11.1 Å². The number of ether oxygens (including phenoxy) is 1. The van der Waals surface area contributed by atoms with Gasteiger partial charge >= 0.3 is 0 Å². The maximum absolute atomic E-state index is 11.4. The number of nitrogens with zero attached hydrogens (tertiary/aromatic N) is 5. The maximum Gasteiger partial charge on any atom is 0.223 e. The quantitative estimate of drug-likeness (QED) is 0.124. The standard InChI is InChI=1S/C41H41N5O3/c1-3-37(32-10-6-4-7-11-32)41(34-12-8-5-9-13-34)35-18-20-36(21-19-35)49-27-26-44(2)28-31-14-16-33(17-15-31)38-29-46(43-42-38)25-24-45-23-22-39(47)40(48)30-45/h4-23,29-30,48H,3,24-28H2,1-2H3/b41-37-. The van der Waals surface area contributed by atoms with Gasteiger partial charge in [0.1, 0.15) is 18.1 Å². The Morgan fingerprint density at radius 3 is 2.14 bits per heavy atom. The Morgan fingerprint density at radius 1 is 0.796 bits per heavy atom. The van der Waals surface area contributed by atoms with Gasteiger partial charge in [0.2, 0.25) is 5.43 Å². The molecule has 2 aromatic heterocycles. The lowest BCUT2D eigenvalue weighted by Gasteiger charge is -2.18. The average Bonchev–Trinajstić information content (AvgIpc) is 3.62. The lowest BCUT2D eigenvalue weighted by Crippen LogP contribution is -2.23. The first kappa shape index (κ1) is 33.2. The molecule has 8 nitrogen and oxygen atoms in total. The third kappa shape index (κ3) is 8.60. The number of likely N-dealkylation sites (N-methyl/N-ethyl adjacent to an activating group) is 1. The minimum atomic E-state index is -0.389. The summed E-state index contributed by atoms with van der Waals surface area (Å²) in [6, 6.07) is 39.4. The van der Waals surface area contributed by atoms with Crippen LogP contribution in [-0.2, 0) is 19.6 Å². The van der Waals surface area contributed by atoms with Gasteiger partial charge in [-0.25, -0.2) is 0 Å². The first-order valence-electron chi connectivity index (χ1n) is 16.6. The van der Waals surface area contributed by atoms with E-state index in [1.165, 1.54) is 45.7 Å². The fourth-order valence-corrected chi connectivity index (χ4v) is 5.90. The summed E-state index contributed by atoms with van der Waals surface area (Å²) in [5.41, 5.74) is 8.79. The van der Waals surface area contributed by atoms with E-state index in [1.807, 2.05) is 6.20 Å². The van der Waals surface area contributed by atoms with Crippen molar-refractivity contribution in [1.29, 1.82) is 0 Å². The highest BCUT2D eigenvalue weighted by Crippen LogP contribution is 2.35. The van der Waals surface area contributed by atoms with Gasteiger partial charge in [-0.05, 0) is 59.0 Å². The van der Waals surface area contributed by atoms with E-state index in [-0.39, 0.29) is 11.2 Å². The molecule has 0 aliphatic carbocycles. The first-order chi connectivity index (χ1) is 24.0. The van der Waals surface area contributed by atoms with Crippen LogP contribution in [0, 0.1) is 0 Å². The summed E-state index contributed by atoms with van der Waals surface area (Å²) in [7, 11) is 2.10. The number of aromatic hydroxyl groups is 1. The van der Waals surface area contributed by atoms with E-state index in [0.717, 1.165) is 36.5 Å². The van der Waals surface area contributed by atoms with Gasteiger partial charge in [0, 0.05) is 43.7 Å². The predicted octanol–water partition coefficient (Wildman–Crippen LogP) is 7.39. The molecule has 0 amide bonds. The molecule has 0 fully saturated rings. The van der Waals surface area contributed by atoms with Gasteiger partial charge in [-0.3, -0.25) is 14.4 Å². The molecule has 248 valence electrons. The number of aromatic nitrogens is 4. The summed E-state index contributed by atoms with van der Waals surface area (Å²) in [6.07, 6.45) is 5.90. The van der Waals surface area contributed by atoms with Gasteiger partial charge in [0.25, 0.3) is 0 Å². The van der Waals surface area contributed by atoms with Crippen molar-refractivity contribution in [2.24, 2.45) is 0 Å². The molecule has 0 radical (unpaired) electrons. The number of rotatable bonds is 14. The zero-order valence-corrected chi connectivity index (χ0v) is 27.9. The van der Waals surface area contributed by atoms with Crippen LogP contribution in [-0.4, -0.2) is 49.8 Å². The van der Waals surface area contributed by atoms with Crippen LogP contribution in [0.5, 0.6) is 11.5 Å². The Kier molecular flexibility index (Phi) is 10.8. The van der Waals surface area contributed by atoms with Crippen molar-refractivity contribution in [1.82, 2.24) is 24.5 Å². The number of hydrogen-bond donors (Lipinski definition) is 1. The van der Waals surface area contributed by atoms with Crippen molar-refractivity contribution in [2.45, 2.75) is 33.0 Å². The number of hydrogen-bond acceptors (Lipinski definition) is 6. The molecule has 0 saturated heterocycles. The van der Waals surface area contributed by atoms with E-state index in [2.05, 4.69) is 138 Å². The lowest BCUT2D eigenvalue weighted by molar-refractivity contribution is 0.233. The van der Waals surface area contributed by atoms with Gasteiger partial charge in [0.15, 0.2) is 5.75 Å². The minimum absolute atomic E-state index is 0.263. The second-order valence-corrected chi connectivity index (χ2v) is 12.0. The highest BCUT2D eigenvalue weighted by atomic mass is 16.5. The van der Waals surface area contributed by atoms with Crippen molar-refractivity contribution in [3.8, 4) is 22.8 Å². The lowest BCUT2D eigenvalue weighted by atomic mass is 9.88. The van der Waals surface area contributed by atoms with Crippen molar-refractivity contribution in [3.05, 3.63) is 166 Å². The van der Waals surface area contributed by atoms with Crippen LogP contribution in [0.4, 0.5) is 0 Å². The zero-order valence-electron chi connectivity index (χ0n) is 27.9. The van der Waals surface area contributed by atoms with E-state index < -0.39 is 0 Å². The molecule has 6 aromatic rings. The minimum Gasteiger partial charge on any atom is -0.503 e. The smallest absolute Gasteiger partial charge is 0.223 e. The van der Waals surface area contributed by atoms with E-state index in [9.17, 15) is 9.90 Å². The Hall–Kier alpha value is -5.73. The molecule has 0 bridgehead atoms. The Bertz CT molecular complexity index is 2030. The van der Waals surface area contributed by atoms with Crippen LogP contribution in [0.15, 0.2) is 139 Å². The Balaban J connectivity index is 1.01. The normalized spacial score (nSPS) is 11.8. The van der Waals surface area contributed by atoms with E-state index >= 15 is 0 Å². The summed E-state index contributed by atoms with van der Waals surface area (Å²) in [6.45, 7) is 5.50. The SMILES string of the molecule is CC/C(=C(\c1ccccc1)c1ccc(OCCN(C)Cc2ccc(-c3cn(CCn4ccc(=O)c(O)c4)nn3)cc2)cc1)c1ccccc1. The topological polar surface area (TPSA) is 85.4 Å². The van der Waals surface area contributed by atoms with Crippen LogP contribution in [0.3, 0.4) is 0 Å². The Labute approximate surface area is 287 Å². The van der Waals surface area contributed by atoms with Gasteiger partial charge < -0.3 is 14.4 Å². The number of benzene rings is 4. The van der Waals surface area contributed by atoms with Gasteiger partial charge in [-0.15, -0.1) is 5.10 Å². The number of pyridine rings is 1.